The van der Waals surface area contributed by atoms with Gasteiger partial charge in [0.05, 0.1) is 17.1 Å². The van der Waals surface area contributed by atoms with Gasteiger partial charge in [0.2, 0.25) is 10.0 Å². The van der Waals surface area contributed by atoms with Crippen LogP contribution in [0.1, 0.15) is 29.5 Å². The molecular formula is C23H28N2O3S. The summed E-state index contributed by atoms with van der Waals surface area (Å²) >= 11 is 0. The van der Waals surface area contributed by atoms with E-state index in [0.717, 1.165) is 32.2 Å². The molecule has 1 spiro atoms. The lowest BCUT2D eigenvalue weighted by Crippen LogP contribution is -2.63. The minimum absolute atomic E-state index is 0.319. The lowest BCUT2D eigenvalue weighted by Gasteiger charge is -2.46. The summed E-state index contributed by atoms with van der Waals surface area (Å²) in [4.78, 5) is 2.76. The highest BCUT2D eigenvalue weighted by Crippen LogP contribution is 2.40. The van der Waals surface area contributed by atoms with Crippen LogP contribution in [0.2, 0.25) is 0 Å². The molecule has 2 aromatic rings. The maximum Gasteiger partial charge on any atom is 0.243 e. The van der Waals surface area contributed by atoms with Gasteiger partial charge in [-0.1, -0.05) is 36.4 Å². The molecule has 2 heterocycles. The van der Waals surface area contributed by atoms with Crippen molar-refractivity contribution in [2.75, 3.05) is 26.7 Å². The van der Waals surface area contributed by atoms with Crippen molar-refractivity contribution in [1.29, 1.82) is 0 Å². The Bertz CT molecular complexity index is 1000. The molecule has 5 nitrogen and oxygen atoms in total. The van der Waals surface area contributed by atoms with Crippen LogP contribution in [0.3, 0.4) is 0 Å². The first-order valence-corrected chi connectivity index (χ1v) is 11.9. The smallest absolute Gasteiger partial charge is 0.243 e. The minimum atomic E-state index is -3.43. The Morgan fingerprint density at radius 3 is 2.66 bits per heavy atom. The Labute approximate surface area is 173 Å². The van der Waals surface area contributed by atoms with Gasteiger partial charge in [-0.2, -0.15) is 4.31 Å². The van der Waals surface area contributed by atoms with Crippen LogP contribution in [-0.2, 0) is 34.1 Å². The van der Waals surface area contributed by atoms with E-state index in [2.05, 4.69) is 36.2 Å². The maximum atomic E-state index is 13.1. The van der Waals surface area contributed by atoms with Crippen LogP contribution in [0.5, 0.6) is 0 Å². The number of hydrogen-bond acceptors (Lipinski definition) is 4. The number of nitrogens with zero attached hydrogens (tertiary/aromatic N) is 2. The summed E-state index contributed by atoms with van der Waals surface area (Å²) in [6.45, 7) is 2.46. The molecule has 3 aliphatic rings. The van der Waals surface area contributed by atoms with Crippen LogP contribution >= 0.6 is 0 Å². The van der Waals surface area contributed by atoms with Crippen molar-refractivity contribution in [2.45, 2.75) is 48.8 Å². The number of sulfonamides is 1. The highest BCUT2D eigenvalue weighted by molar-refractivity contribution is 7.89. The Balaban J connectivity index is 1.22. The molecule has 0 amide bonds. The zero-order valence-electron chi connectivity index (χ0n) is 16.9. The van der Waals surface area contributed by atoms with Crippen molar-refractivity contribution in [3.05, 3.63) is 65.2 Å². The third-order valence-corrected chi connectivity index (χ3v) is 8.51. The molecule has 5 rings (SSSR count). The van der Waals surface area contributed by atoms with Gasteiger partial charge in [0.25, 0.3) is 0 Å². The zero-order chi connectivity index (χ0) is 20.1. The number of likely N-dealkylation sites (N-methyl/N-ethyl adjacent to an activating group) is 1. The van der Waals surface area contributed by atoms with Crippen LogP contribution in [0, 0.1) is 0 Å². The van der Waals surface area contributed by atoms with E-state index < -0.39 is 10.0 Å². The number of aryl methyl sites for hydroxylation is 2. The van der Waals surface area contributed by atoms with E-state index in [0.29, 0.717) is 30.6 Å². The third-order valence-electron chi connectivity index (χ3n) is 6.72. The van der Waals surface area contributed by atoms with Crippen LogP contribution in [0.4, 0.5) is 0 Å². The Morgan fingerprint density at radius 2 is 1.86 bits per heavy atom. The van der Waals surface area contributed by atoms with E-state index in [9.17, 15) is 8.42 Å². The van der Waals surface area contributed by atoms with Gasteiger partial charge in [0.1, 0.15) is 0 Å². The van der Waals surface area contributed by atoms with Crippen molar-refractivity contribution in [3.8, 4) is 0 Å². The largest absolute Gasteiger partial charge is 0.371 e. The molecule has 0 aromatic heterocycles. The lowest BCUT2D eigenvalue weighted by atomic mass is 9.91. The van der Waals surface area contributed by atoms with Crippen LogP contribution in [0.15, 0.2) is 53.4 Å². The second kappa shape index (κ2) is 7.20. The van der Waals surface area contributed by atoms with Gasteiger partial charge >= 0.3 is 0 Å². The molecule has 2 aliphatic heterocycles. The van der Waals surface area contributed by atoms with E-state index >= 15 is 0 Å². The molecule has 2 saturated heterocycles. The highest BCUT2D eigenvalue weighted by atomic mass is 32.2. The van der Waals surface area contributed by atoms with Gasteiger partial charge in [0, 0.05) is 25.7 Å². The summed E-state index contributed by atoms with van der Waals surface area (Å²) in [5.74, 6) is 0. The minimum Gasteiger partial charge on any atom is -0.371 e. The third kappa shape index (κ3) is 3.52. The summed E-state index contributed by atoms with van der Waals surface area (Å²) in [5.41, 5.74) is 3.46. The van der Waals surface area contributed by atoms with Crippen molar-refractivity contribution < 1.29 is 13.2 Å². The van der Waals surface area contributed by atoms with E-state index in [1.54, 1.807) is 10.4 Å². The highest BCUT2D eigenvalue weighted by Gasteiger charge is 2.54. The van der Waals surface area contributed by atoms with Crippen molar-refractivity contribution >= 4 is 10.0 Å². The monoisotopic (exact) mass is 412 g/mol. The average molecular weight is 413 g/mol. The first-order valence-electron chi connectivity index (χ1n) is 10.5. The molecule has 2 aromatic carbocycles. The number of benzene rings is 2. The predicted octanol–water partition coefficient (Wildman–Crippen LogP) is 2.84. The predicted molar refractivity (Wildman–Crippen MR) is 112 cm³/mol. The standard InChI is InChI=1S/C23H28N2O3S/c1-24(14-18-6-3-2-4-7-18)21-13-23(28-15-21)16-25(17-23)29(26,27)22-11-10-19-8-5-9-20(19)12-22/h2-4,6-7,10-12,21H,5,8-9,13-17H2,1H3. The quantitative estimate of drug-likeness (QED) is 0.758. The lowest BCUT2D eigenvalue weighted by molar-refractivity contribution is -0.0774. The van der Waals surface area contributed by atoms with Crippen LogP contribution in [0.25, 0.3) is 0 Å². The SMILES string of the molecule is CN(Cc1ccccc1)C1COC2(C1)CN(S(=O)(=O)c1ccc3c(c1)CCC3)C2. The summed E-state index contributed by atoms with van der Waals surface area (Å²) in [5, 5.41) is 0. The maximum absolute atomic E-state index is 13.1. The molecule has 0 radical (unpaired) electrons. The molecule has 1 aliphatic carbocycles. The van der Waals surface area contributed by atoms with Gasteiger partial charge in [0.15, 0.2) is 0 Å². The summed E-state index contributed by atoms with van der Waals surface area (Å²) in [6.07, 6.45) is 4.05. The Hall–Kier alpha value is -1.73. The summed E-state index contributed by atoms with van der Waals surface area (Å²) in [6, 6.07) is 16.4. The molecule has 0 N–H and O–H groups in total. The molecule has 0 bridgehead atoms. The summed E-state index contributed by atoms with van der Waals surface area (Å²) in [7, 11) is -1.31. The van der Waals surface area contributed by atoms with Gasteiger partial charge in [-0.3, -0.25) is 4.90 Å². The number of rotatable bonds is 5. The first-order chi connectivity index (χ1) is 14.0. The van der Waals surface area contributed by atoms with Gasteiger partial charge in [-0.05, 0) is 61.6 Å². The normalized spacial score (nSPS) is 23.4. The van der Waals surface area contributed by atoms with Gasteiger partial charge in [-0.15, -0.1) is 0 Å². The van der Waals surface area contributed by atoms with Crippen molar-refractivity contribution in [3.63, 3.8) is 0 Å². The molecule has 154 valence electrons. The van der Waals surface area contributed by atoms with E-state index in [4.69, 9.17) is 4.74 Å². The molecule has 1 atom stereocenters. The average Bonchev–Trinajstić information content (AvgIpc) is 3.34. The fourth-order valence-electron chi connectivity index (χ4n) is 4.95. The van der Waals surface area contributed by atoms with Crippen LogP contribution in [-0.4, -0.2) is 56.0 Å². The zero-order valence-corrected chi connectivity index (χ0v) is 17.7. The Kier molecular flexibility index (Phi) is 4.78. The van der Waals surface area contributed by atoms with Crippen LogP contribution < -0.4 is 0 Å². The van der Waals surface area contributed by atoms with E-state index in [1.165, 1.54) is 16.7 Å². The van der Waals surface area contributed by atoms with Crippen molar-refractivity contribution in [1.82, 2.24) is 9.21 Å². The molecule has 0 saturated carbocycles. The second-order valence-electron chi connectivity index (χ2n) is 8.81. The molecule has 1 unspecified atom stereocenters. The number of fused-ring (bicyclic) bond motifs is 1. The van der Waals surface area contributed by atoms with E-state index in [-0.39, 0.29) is 5.60 Å². The van der Waals surface area contributed by atoms with E-state index in [1.807, 2.05) is 18.2 Å². The molecule has 29 heavy (non-hydrogen) atoms. The molecular weight excluding hydrogens is 384 g/mol. The first kappa shape index (κ1) is 19.2. The number of ether oxygens (including phenoxy) is 1. The van der Waals surface area contributed by atoms with Gasteiger partial charge < -0.3 is 4.74 Å². The summed E-state index contributed by atoms with van der Waals surface area (Å²) < 4.78 is 33.9. The molecule has 2 fully saturated rings. The van der Waals surface area contributed by atoms with Crippen molar-refractivity contribution in [2.24, 2.45) is 0 Å². The van der Waals surface area contributed by atoms with Gasteiger partial charge in [-0.25, -0.2) is 8.42 Å². The fourth-order valence-corrected chi connectivity index (χ4v) is 6.59. The number of hydrogen-bond donors (Lipinski definition) is 0. The second-order valence-corrected chi connectivity index (χ2v) is 10.7. The topological polar surface area (TPSA) is 49.9 Å². The Morgan fingerprint density at radius 1 is 1.10 bits per heavy atom. The fraction of sp³-hybridized carbons (Fsp3) is 0.478. The molecule has 6 heteroatoms.